The lowest BCUT2D eigenvalue weighted by molar-refractivity contribution is 0.282. The smallest absolute Gasteiger partial charge is 0.132 e. The van der Waals surface area contributed by atoms with Crippen molar-refractivity contribution in [3.8, 4) is 17.0 Å². The highest BCUT2D eigenvalue weighted by Crippen LogP contribution is 2.39. The molecule has 0 radical (unpaired) electrons. The van der Waals surface area contributed by atoms with E-state index in [4.69, 9.17) is 4.74 Å². The van der Waals surface area contributed by atoms with E-state index in [9.17, 15) is 4.39 Å². The molecule has 0 saturated carbocycles. The van der Waals surface area contributed by atoms with Crippen molar-refractivity contribution in [2.75, 3.05) is 32.6 Å². The van der Waals surface area contributed by atoms with E-state index in [1.54, 1.807) is 6.07 Å². The Bertz CT molecular complexity index is 1020. The van der Waals surface area contributed by atoms with E-state index in [-0.39, 0.29) is 5.82 Å². The summed E-state index contributed by atoms with van der Waals surface area (Å²) in [6.07, 6.45) is 0.990. The Morgan fingerprint density at radius 3 is 2.78 bits per heavy atom. The lowest BCUT2D eigenvalue weighted by atomic mass is 10.2. The third-order valence-electron chi connectivity index (χ3n) is 4.56. The average Bonchev–Trinajstić information content (AvgIpc) is 3.18. The third kappa shape index (κ3) is 3.75. The van der Waals surface area contributed by atoms with Crippen LogP contribution in [0, 0.1) is 5.82 Å². The van der Waals surface area contributed by atoms with Gasteiger partial charge in [-0.3, -0.25) is 10.2 Å². The highest BCUT2D eigenvalue weighted by Gasteiger charge is 2.17. The molecule has 2 aromatic rings. The summed E-state index contributed by atoms with van der Waals surface area (Å²) >= 11 is 0. The van der Waals surface area contributed by atoms with Crippen LogP contribution in [0.5, 0.6) is 5.75 Å². The summed E-state index contributed by atoms with van der Waals surface area (Å²) in [5.74, 6) is 1.41. The Morgan fingerprint density at radius 1 is 1.07 bits per heavy atom. The first-order valence-corrected chi connectivity index (χ1v) is 9.03. The Hall–Kier alpha value is -2.99. The van der Waals surface area contributed by atoms with Gasteiger partial charge in [0.05, 0.1) is 12.3 Å². The summed E-state index contributed by atoms with van der Waals surface area (Å²) in [5, 5.41) is 11.8. The van der Waals surface area contributed by atoms with Gasteiger partial charge in [-0.2, -0.15) is 0 Å². The van der Waals surface area contributed by atoms with E-state index < -0.39 is 0 Å². The van der Waals surface area contributed by atoms with Crippen LogP contribution >= 0.6 is 0 Å². The molecule has 140 valence electrons. The van der Waals surface area contributed by atoms with Crippen molar-refractivity contribution in [3.05, 3.63) is 54.3 Å². The zero-order valence-electron chi connectivity index (χ0n) is 15.5. The van der Waals surface area contributed by atoms with Gasteiger partial charge < -0.3 is 15.0 Å². The van der Waals surface area contributed by atoms with Crippen molar-refractivity contribution in [2.45, 2.75) is 6.42 Å². The fraction of sp³-hybridized carbons (Fsp3) is 0.238. The van der Waals surface area contributed by atoms with Gasteiger partial charge in [0.2, 0.25) is 0 Å². The zero-order valence-corrected chi connectivity index (χ0v) is 15.5. The Kier molecular flexibility index (Phi) is 4.73. The number of aromatic nitrogens is 2. The molecule has 0 saturated heterocycles. The number of nitrogens with zero attached hydrogens (tertiary/aromatic N) is 1. The molecule has 0 aromatic heterocycles. The number of aromatic amines is 2. The molecule has 4 rings (SSSR count). The minimum Gasteiger partial charge on any atom is -0.494 e. The monoisotopic (exact) mass is 366 g/mol. The average molecular weight is 366 g/mol. The summed E-state index contributed by atoms with van der Waals surface area (Å²) in [4.78, 5) is 2.15. The molecule has 0 unspecified atom stereocenters. The van der Waals surface area contributed by atoms with Crippen LogP contribution in [0.15, 0.2) is 48.5 Å². The van der Waals surface area contributed by atoms with Crippen LogP contribution in [-0.4, -0.2) is 42.3 Å². The fourth-order valence-corrected chi connectivity index (χ4v) is 3.25. The molecule has 5 nitrogen and oxygen atoms in total. The lowest BCUT2D eigenvalue weighted by Crippen LogP contribution is -2.15. The van der Waals surface area contributed by atoms with Crippen LogP contribution in [-0.2, 0) is 0 Å². The van der Waals surface area contributed by atoms with Gasteiger partial charge in [-0.05, 0) is 68.4 Å². The van der Waals surface area contributed by atoms with Crippen LogP contribution in [0.1, 0.15) is 6.42 Å². The first-order valence-electron chi connectivity index (χ1n) is 9.03. The number of halogens is 1. The van der Waals surface area contributed by atoms with E-state index >= 15 is 0 Å². The summed E-state index contributed by atoms with van der Waals surface area (Å²) in [7, 11) is 4.12. The van der Waals surface area contributed by atoms with Gasteiger partial charge in [-0.25, -0.2) is 4.39 Å². The number of hydrogen-bond acceptors (Lipinski definition) is 3. The number of ether oxygens (including phenoxy) is 1. The van der Waals surface area contributed by atoms with E-state index in [2.05, 4.69) is 52.7 Å². The predicted molar refractivity (Wildman–Crippen MR) is 108 cm³/mol. The highest BCUT2D eigenvalue weighted by atomic mass is 19.1. The van der Waals surface area contributed by atoms with Gasteiger partial charge in [0.25, 0.3) is 0 Å². The molecule has 3 N–H and O–H groups in total. The van der Waals surface area contributed by atoms with Gasteiger partial charge in [0.15, 0.2) is 0 Å². The first-order chi connectivity index (χ1) is 13.1. The number of rotatable bonds is 7. The maximum atomic E-state index is 13.4. The lowest BCUT2D eigenvalue weighted by Gasteiger charge is -2.10. The molecule has 2 aliphatic rings. The van der Waals surface area contributed by atoms with Crippen molar-refractivity contribution in [2.24, 2.45) is 0 Å². The van der Waals surface area contributed by atoms with Gasteiger partial charge in [0, 0.05) is 23.2 Å². The molecular formula is C21H23FN4O. The molecule has 1 aliphatic heterocycles. The maximum Gasteiger partial charge on any atom is 0.132 e. The number of fused-ring (bicyclic) bond motifs is 3. The van der Waals surface area contributed by atoms with E-state index in [1.807, 2.05) is 12.1 Å². The van der Waals surface area contributed by atoms with Gasteiger partial charge >= 0.3 is 0 Å². The number of benzene rings is 2. The quantitative estimate of drug-likeness (QED) is 0.411. The topological polar surface area (TPSA) is 56.1 Å². The number of anilines is 2. The third-order valence-corrected chi connectivity index (χ3v) is 4.56. The summed E-state index contributed by atoms with van der Waals surface area (Å²) in [5.41, 5.74) is 2.74. The zero-order chi connectivity index (χ0) is 18.8. The predicted octanol–water partition coefficient (Wildman–Crippen LogP) is 4.81. The normalized spacial score (nSPS) is 11.6. The molecule has 0 fully saturated rings. The minimum atomic E-state index is -0.268. The number of H-pyrrole nitrogens is 2. The SMILES string of the molecule is CN(C)CCCOc1ccc2c3[nH][nH]c(Nc4cccc(F)c4)c-3cc2c1. The van der Waals surface area contributed by atoms with Crippen molar-refractivity contribution >= 4 is 22.3 Å². The molecule has 27 heavy (non-hydrogen) atoms. The molecule has 6 heteroatoms. The molecule has 1 aliphatic carbocycles. The highest BCUT2D eigenvalue weighted by molar-refractivity contribution is 6.04. The summed E-state index contributed by atoms with van der Waals surface area (Å²) in [6, 6.07) is 14.6. The molecule has 2 aromatic carbocycles. The Morgan fingerprint density at radius 2 is 1.96 bits per heavy atom. The van der Waals surface area contributed by atoms with E-state index in [0.29, 0.717) is 12.3 Å². The van der Waals surface area contributed by atoms with Gasteiger partial charge in [-0.1, -0.05) is 6.07 Å². The minimum absolute atomic E-state index is 0.268. The number of nitrogens with one attached hydrogen (secondary N) is 3. The van der Waals surface area contributed by atoms with Crippen LogP contribution in [0.3, 0.4) is 0 Å². The molecule has 0 atom stereocenters. The molecular weight excluding hydrogens is 343 g/mol. The summed E-state index contributed by atoms with van der Waals surface area (Å²) in [6.45, 7) is 1.70. The van der Waals surface area contributed by atoms with Crippen molar-refractivity contribution in [3.63, 3.8) is 0 Å². The van der Waals surface area contributed by atoms with Crippen LogP contribution in [0.25, 0.3) is 22.0 Å². The van der Waals surface area contributed by atoms with E-state index in [1.165, 1.54) is 12.1 Å². The second-order valence-electron chi connectivity index (χ2n) is 6.95. The Balaban J connectivity index is 1.54. The Labute approximate surface area is 157 Å². The number of hydrogen-bond donors (Lipinski definition) is 3. The maximum absolute atomic E-state index is 13.4. The molecule has 0 spiro atoms. The van der Waals surface area contributed by atoms with Crippen LogP contribution in [0.2, 0.25) is 0 Å². The fourth-order valence-electron chi connectivity index (χ4n) is 3.25. The van der Waals surface area contributed by atoms with Gasteiger partial charge in [0.1, 0.15) is 17.4 Å². The van der Waals surface area contributed by atoms with Crippen LogP contribution < -0.4 is 10.1 Å². The molecule has 0 bridgehead atoms. The van der Waals surface area contributed by atoms with Gasteiger partial charge in [-0.15, -0.1) is 0 Å². The second-order valence-corrected chi connectivity index (χ2v) is 6.95. The summed E-state index contributed by atoms with van der Waals surface area (Å²) < 4.78 is 19.3. The van der Waals surface area contributed by atoms with Crippen molar-refractivity contribution < 1.29 is 9.13 Å². The van der Waals surface area contributed by atoms with E-state index in [0.717, 1.165) is 46.6 Å². The second kappa shape index (κ2) is 7.32. The standard InChI is InChI=1S/C21H23FN4O/c1-26(2)9-4-10-27-17-7-8-18-14(11-17)12-19-20(18)24-25-21(19)23-16-6-3-5-15(22)13-16/h3,5-8,11-13,23-25H,4,9-10H2,1-2H3. The van der Waals surface area contributed by atoms with Crippen molar-refractivity contribution in [1.29, 1.82) is 0 Å². The van der Waals surface area contributed by atoms with Crippen LogP contribution in [0.4, 0.5) is 15.9 Å². The first kappa shape index (κ1) is 17.4. The largest absolute Gasteiger partial charge is 0.494 e. The van der Waals surface area contributed by atoms with Crippen molar-refractivity contribution in [1.82, 2.24) is 15.1 Å². The molecule has 1 heterocycles. The molecule has 0 amide bonds.